The number of carbonyl (C=O) groups excluding carboxylic acids is 1. The summed E-state index contributed by atoms with van der Waals surface area (Å²) in [6, 6.07) is 0. The summed E-state index contributed by atoms with van der Waals surface area (Å²) in [4.78, 5) is 10.8. The predicted molar refractivity (Wildman–Crippen MR) is 46.8 cm³/mol. The molecule has 0 spiro atoms. The van der Waals surface area contributed by atoms with Crippen molar-refractivity contribution in [3.05, 3.63) is 11.8 Å². The zero-order valence-electron chi connectivity index (χ0n) is 7.59. The zero-order chi connectivity index (χ0) is 8.97. The third-order valence-electron chi connectivity index (χ3n) is 1.96. The number of hydrogen-bond acceptors (Lipinski definition) is 3. The van der Waals surface area contributed by atoms with Gasteiger partial charge in [0.1, 0.15) is 0 Å². The summed E-state index contributed by atoms with van der Waals surface area (Å²) in [6.45, 7) is 2.50. The highest BCUT2D eigenvalue weighted by Crippen LogP contribution is 2.14. The van der Waals surface area contributed by atoms with Crippen LogP contribution in [0.2, 0.25) is 0 Å². The van der Waals surface area contributed by atoms with Gasteiger partial charge in [-0.3, -0.25) is 4.79 Å². The molecule has 0 saturated carbocycles. The Labute approximate surface area is 72.8 Å². The molecule has 1 atom stereocenters. The minimum Gasteiger partial charge on any atom is -0.386 e. The fourth-order valence-electron chi connectivity index (χ4n) is 1.40. The van der Waals surface area contributed by atoms with Crippen LogP contribution in [-0.4, -0.2) is 25.5 Å². The van der Waals surface area contributed by atoms with Crippen molar-refractivity contribution in [1.82, 2.24) is 5.32 Å². The molecule has 1 unspecified atom stereocenters. The molecule has 1 aliphatic rings. The van der Waals surface area contributed by atoms with Crippen molar-refractivity contribution in [3.63, 3.8) is 0 Å². The second-order valence-electron chi connectivity index (χ2n) is 3.00. The van der Waals surface area contributed by atoms with E-state index in [2.05, 4.69) is 5.32 Å². The van der Waals surface area contributed by atoms with Crippen LogP contribution in [-0.2, 0) is 9.53 Å². The first-order valence-corrected chi connectivity index (χ1v) is 4.23. The Morgan fingerprint density at radius 1 is 1.75 bits per heavy atom. The summed E-state index contributed by atoms with van der Waals surface area (Å²) in [7, 11) is 1.67. The predicted octanol–water partition coefficient (Wildman–Crippen LogP) is 0.858. The summed E-state index contributed by atoms with van der Waals surface area (Å²) in [5.74, 6) is 0.0708. The SMILES string of the molecule is COC1CCCNC1=CC(C)=O. The monoisotopic (exact) mass is 169 g/mol. The fraction of sp³-hybridized carbons (Fsp3) is 0.667. The highest BCUT2D eigenvalue weighted by molar-refractivity contribution is 5.88. The summed E-state index contributed by atoms with van der Waals surface area (Å²) in [6.07, 6.45) is 3.81. The van der Waals surface area contributed by atoms with Crippen LogP contribution in [0.4, 0.5) is 0 Å². The number of ketones is 1. The lowest BCUT2D eigenvalue weighted by molar-refractivity contribution is -0.112. The van der Waals surface area contributed by atoms with Crippen molar-refractivity contribution in [1.29, 1.82) is 0 Å². The van der Waals surface area contributed by atoms with Gasteiger partial charge in [0.15, 0.2) is 5.78 Å². The van der Waals surface area contributed by atoms with Crippen LogP contribution in [0.5, 0.6) is 0 Å². The van der Waals surface area contributed by atoms with Crippen LogP contribution in [0.15, 0.2) is 11.8 Å². The molecule has 0 radical (unpaired) electrons. The number of methoxy groups -OCH3 is 1. The quantitative estimate of drug-likeness (QED) is 0.623. The van der Waals surface area contributed by atoms with Gasteiger partial charge >= 0.3 is 0 Å². The van der Waals surface area contributed by atoms with E-state index >= 15 is 0 Å². The van der Waals surface area contributed by atoms with Crippen molar-refractivity contribution in [3.8, 4) is 0 Å². The van der Waals surface area contributed by atoms with Gasteiger partial charge in [-0.1, -0.05) is 0 Å². The molecule has 1 heterocycles. The maximum Gasteiger partial charge on any atom is 0.154 e. The number of nitrogens with one attached hydrogen (secondary N) is 1. The topological polar surface area (TPSA) is 38.3 Å². The molecular formula is C9H15NO2. The largest absolute Gasteiger partial charge is 0.386 e. The molecule has 1 N–H and O–H groups in total. The normalized spacial score (nSPS) is 26.8. The summed E-state index contributed by atoms with van der Waals surface area (Å²) in [5.41, 5.74) is 0.927. The molecular weight excluding hydrogens is 154 g/mol. The second kappa shape index (κ2) is 4.26. The molecule has 1 aliphatic heterocycles. The third-order valence-corrected chi connectivity index (χ3v) is 1.96. The Kier molecular flexibility index (Phi) is 3.29. The average Bonchev–Trinajstić information content (AvgIpc) is 2.04. The minimum absolute atomic E-state index is 0.0708. The molecule has 0 aromatic rings. The van der Waals surface area contributed by atoms with Gasteiger partial charge in [-0.15, -0.1) is 0 Å². The van der Waals surface area contributed by atoms with Crippen LogP contribution >= 0.6 is 0 Å². The molecule has 0 aromatic heterocycles. The van der Waals surface area contributed by atoms with Crippen LogP contribution in [0, 0.1) is 0 Å². The van der Waals surface area contributed by atoms with Crippen molar-refractivity contribution < 1.29 is 9.53 Å². The van der Waals surface area contributed by atoms with Gasteiger partial charge in [0, 0.05) is 25.4 Å². The molecule has 0 bridgehead atoms. The van der Waals surface area contributed by atoms with E-state index in [-0.39, 0.29) is 11.9 Å². The van der Waals surface area contributed by atoms with Crippen LogP contribution in [0.25, 0.3) is 0 Å². The van der Waals surface area contributed by atoms with E-state index in [0.29, 0.717) is 0 Å². The van der Waals surface area contributed by atoms with Gasteiger partial charge in [-0.05, 0) is 19.8 Å². The first-order valence-electron chi connectivity index (χ1n) is 4.23. The van der Waals surface area contributed by atoms with Crippen molar-refractivity contribution >= 4 is 5.78 Å². The first-order chi connectivity index (χ1) is 5.74. The summed E-state index contributed by atoms with van der Waals surface area (Å²) < 4.78 is 5.22. The molecule has 12 heavy (non-hydrogen) atoms. The molecule has 0 aliphatic carbocycles. The number of rotatable bonds is 2. The smallest absolute Gasteiger partial charge is 0.154 e. The molecule has 1 rings (SSSR count). The van der Waals surface area contributed by atoms with Crippen LogP contribution in [0.1, 0.15) is 19.8 Å². The lowest BCUT2D eigenvalue weighted by Crippen LogP contribution is -2.32. The standard InChI is InChI=1S/C9H15NO2/c1-7(11)6-8-9(12-2)4-3-5-10-8/h6,9-10H,3-5H2,1-2H3. The van der Waals surface area contributed by atoms with Gasteiger partial charge in [-0.25, -0.2) is 0 Å². The number of piperidine rings is 1. The summed E-state index contributed by atoms with van der Waals surface area (Å²) in [5, 5.41) is 3.17. The van der Waals surface area contributed by atoms with E-state index < -0.39 is 0 Å². The second-order valence-corrected chi connectivity index (χ2v) is 3.00. The van der Waals surface area contributed by atoms with E-state index in [1.54, 1.807) is 20.1 Å². The molecule has 1 saturated heterocycles. The van der Waals surface area contributed by atoms with Crippen LogP contribution in [0.3, 0.4) is 0 Å². The maximum absolute atomic E-state index is 10.8. The van der Waals surface area contributed by atoms with Gasteiger partial charge < -0.3 is 10.1 Å². The lowest BCUT2D eigenvalue weighted by Gasteiger charge is -2.25. The summed E-state index contributed by atoms with van der Waals surface area (Å²) >= 11 is 0. The van der Waals surface area contributed by atoms with E-state index in [1.807, 2.05) is 0 Å². The molecule has 0 aromatic carbocycles. The minimum atomic E-state index is 0.0708. The van der Waals surface area contributed by atoms with Gasteiger partial charge in [-0.2, -0.15) is 0 Å². The number of carbonyl (C=O) groups is 1. The van der Waals surface area contributed by atoms with Crippen LogP contribution < -0.4 is 5.32 Å². The molecule has 0 amide bonds. The Bertz CT molecular complexity index is 199. The van der Waals surface area contributed by atoms with E-state index in [0.717, 1.165) is 25.1 Å². The van der Waals surface area contributed by atoms with Crippen molar-refractivity contribution in [2.75, 3.05) is 13.7 Å². The average molecular weight is 169 g/mol. The van der Waals surface area contributed by atoms with E-state index in [1.165, 1.54) is 0 Å². The van der Waals surface area contributed by atoms with Crippen molar-refractivity contribution in [2.45, 2.75) is 25.9 Å². The Morgan fingerprint density at radius 3 is 3.08 bits per heavy atom. The Balaban J connectivity index is 2.64. The highest BCUT2D eigenvalue weighted by Gasteiger charge is 2.17. The molecule has 1 fully saturated rings. The fourth-order valence-corrected chi connectivity index (χ4v) is 1.40. The molecule has 3 heteroatoms. The van der Waals surface area contributed by atoms with Gasteiger partial charge in [0.05, 0.1) is 6.10 Å². The zero-order valence-corrected chi connectivity index (χ0v) is 7.59. The van der Waals surface area contributed by atoms with E-state index in [4.69, 9.17) is 4.74 Å². The highest BCUT2D eigenvalue weighted by atomic mass is 16.5. The Hall–Kier alpha value is -0.830. The third kappa shape index (κ3) is 2.34. The number of ether oxygens (including phenoxy) is 1. The number of hydrogen-bond donors (Lipinski definition) is 1. The maximum atomic E-state index is 10.8. The van der Waals surface area contributed by atoms with E-state index in [9.17, 15) is 4.79 Å². The van der Waals surface area contributed by atoms with Crippen molar-refractivity contribution in [2.24, 2.45) is 0 Å². The number of allylic oxidation sites excluding steroid dienone is 1. The van der Waals surface area contributed by atoms with Gasteiger partial charge in [0.25, 0.3) is 0 Å². The van der Waals surface area contributed by atoms with Gasteiger partial charge in [0.2, 0.25) is 0 Å². The first kappa shape index (κ1) is 9.26. The Morgan fingerprint density at radius 2 is 2.50 bits per heavy atom. The molecule has 3 nitrogen and oxygen atoms in total. The molecule has 68 valence electrons. The lowest BCUT2D eigenvalue weighted by atomic mass is 10.1.